The number of hydrogen-bond acceptors (Lipinski definition) is 2. The van der Waals surface area contributed by atoms with Crippen LogP contribution in [0, 0.1) is 52.8 Å². The van der Waals surface area contributed by atoms with Gasteiger partial charge in [0.05, 0.1) is 6.10 Å². The van der Waals surface area contributed by atoms with Crippen molar-refractivity contribution in [1.29, 1.82) is 0 Å². The van der Waals surface area contributed by atoms with Gasteiger partial charge in [-0.15, -0.1) is 6.42 Å². The molecule has 2 heteroatoms. The summed E-state index contributed by atoms with van der Waals surface area (Å²) >= 11 is 0. The molecule has 2 nitrogen and oxygen atoms in total. The van der Waals surface area contributed by atoms with Crippen LogP contribution in [-0.2, 0) is 0 Å². The summed E-state index contributed by atoms with van der Waals surface area (Å²) in [6, 6.07) is 0. The van der Waals surface area contributed by atoms with E-state index in [9.17, 15) is 10.2 Å². The maximum absolute atomic E-state index is 10.4. The van der Waals surface area contributed by atoms with Gasteiger partial charge in [-0.05, 0) is 92.3 Å². The minimum atomic E-state index is -0.562. The Morgan fingerprint density at radius 1 is 0.958 bits per heavy atom. The van der Waals surface area contributed by atoms with Gasteiger partial charge in [0, 0.05) is 5.92 Å². The van der Waals surface area contributed by atoms with Crippen molar-refractivity contribution in [1.82, 2.24) is 0 Å². The van der Waals surface area contributed by atoms with Gasteiger partial charge in [0.2, 0.25) is 0 Å². The van der Waals surface area contributed by atoms with Crippen molar-refractivity contribution in [2.24, 2.45) is 40.4 Å². The van der Waals surface area contributed by atoms with Crippen molar-refractivity contribution < 1.29 is 10.2 Å². The Morgan fingerprint density at radius 3 is 2.42 bits per heavy atom. The molecule has 0 radical (unpaired) electrons. The van der Waals surface area contributed by atoms with Crippen molar-refractivity contribution in [3.8, 4) is 12.3 Å². The number of hydrogen-bond donors (Lipinski definition) is 2. The molecule has 4 fully saturated rings. The molecule has 0 aromatic heterocycles. The summed E-state index contributed by atoms with van der Waals surface area (Å²) < 4.78 is 0. The average Bonchev–Trinajstić information content (AvgIpc) is 2.92. The average molecular weight is 331 g/mol. The van der Waals surface area contributed by atoms with E-state index in [1.807, 2.05) is 0 Å². The van der Waals surface area contributed by atoms with Crippen LogP contribution in [0.4, 0.5) is 0 Å². The number of rotatable bonds is 1. The van der Waals surface area contributed by atoms with Crippen LogP contribution in [0.1, 0.15) is 71.6 Å². The lowest BCUT2D eigenvalue weighted by atomic mass is 9.44. The number of terminal acetylenes is 1. The van der Waals surface area contributed by atoms with E-state index in [-0.39, 0.29) is 11.5 Å². The predicted molar refractivity (Wildman–Crippen MR) is 96.1 cm³/mol. The second kappa shape index (κ2) is 5.75. The van der Waals surface area contributed by atoms with E-state index in [1.54, 1.807) is 0 Å². The van der Waals surface area contributed by atoms with Gasteiger partial charge in [-0.3, -0.25) is 0 Å². The highest BCUT2D eigenvalue weighted by molar-refractivity contribution is 5.13. The second-order valence-electron chi connectivity index (χ2n) is 9.92. The quantitative estimate of drug-likeness (QED) is 0.714. The van der Waals surface area contributed by atoms with Crippen molar-refractivity contribution in [3.05, 3.63) is 0 Å². The molecule has 4 saturated carbocycles. The molecule has 9 unspecified atom stereocenters. The minimum absolute atomic E-state index is 0.0601. The molecule has 4 aliphatic rings. The van der Waals surface area contributed by atoms with Crippen molar-refractivity contribution in [2.75, 3.05) is 0 Å². The molecule has 4 aliphatic carbocycles. The first kappa shape index (κ1) is 16.9. The van der Waals surface area contributed by atoms with Gasteiger partial charge in [-0.25, -0.2) is 0 Å². The summed E-state index contributed by atoms with van der Waals surface area (Å²) in [5.41, 5.74) is 0.677. The van der Waals surface area contributed by atoms with Crippen LogP contribution in [0.2, 0.25) is 0 Å². The molecule has 9 atom stereocenters. The summed E-state index contributed by atoms with van der Waals surface area (Å²) in [5, 5.41) is 20.5. The summed E-state index contributed by atoms with van der Waals surface area (Å²) in [5.74, 6) is 6.03. The van der Waals surface area contributed by atoms with Crippen LogP contribution in [-0.4, -0.2) is 22.4 Å². The SMILES string of the molecule is C#CC(O)C1CCC2C3CCC4CC(O)CCC4(C)C3CCC12C. The zero-order chi connectivity index (χ0) is 17.1. The molecule has 0 aromatic rings. The fraction of sp³-hybridized carbons (Fsp3) is 0.909. The van der Waals surface area contributed by atoms with E-state index in [2.05, 4.69) is 19.8 Å². The maximum Gasteiger partial charge on any atom is 0.117 e. The van der Waals surface area contributed by atoms with Crippen LogP contribution < -0.4 is 0 Å². The molecule has 0 heterocycles. The third-order valence-corrected chi connectivity index (χ3v) is 9.26. The molecule has 4 rings (SSSR count). The summed E-state index contributed by atoms with van der Waals surface area (Å²) in [7, 11) is 0. The molecule has 0 bridgehead atoms. The van der Waals surface area contributed by atoms with Gasteiger partial charge in [-0.1, -0.05) is 19.8 Å². The molecular formula is C22H34O2. The molecule has 0 saturated heterocycles. The summed E-state index contributed by atoms with van der Waals surface area (Å²) in [6.07, 6.45) is 15.7. The highest BCUT2D eigenvalue weighted by Crippen LogP contribution is 2.67. The molecular weight excluding hydrogens is 296 g/mol. The van der Waals surface area contributed by atoms with Crippen LogP contribution in [0.25, 0.3) is 0 Å². The molecule has 24 heavy (non-hydrogen) atoms. The first-order valence-electron chi connectivity index (χ1n) is 10.2. The van der Waals surface area contributed by atoms with E-state index in [4.69, 9.17) is 6.42 Å². The van der Waals surface area contributed by atoms with Gasteiger partial charge in [0.1, 0.15) is 6.10 Å². The van der Waals surface area contributed by atoms with Crippen molar-refractivity contribution in [3.63, 3.8) is 0 Å². The van der Waals surface area contributed by atoms with Gasteiger partial charge in [0.15, 0.2) is 0 Å². The lowest BCUT2D eigenvalue weighted by molar-refractivity contribution is -0.130. The normalized spacial score (nSPS) is 55.0. The standard InChI is InChI=1S/C22H34O2/c1-4-20(24)19-8-7-17-16-6-5-14-13-15(23)9-11-21(14,2)18(16)10-12-22(17,19)3/h1,14-20,23-24H,5-13H2,2-3H3. The molecule has 0 aliphatic heterocycles. The van der Waals surface area contributed by atoms with Gasteiger partial charge in [-0.2, -0.15) is 0 Å². The Kier molecular flexibility index (Phi) is 4.05. The molecule has 134 valence electrons. The summed E-state index contributed by atoms with van der Waals surface area (Å²) in [6.45, 7) is 4.96. The number of fused-ring (bicyclic) bond motifs is 5. The summed E-state index contributed by atoms with van der Waals surface area (Å²) in [4.78, 5) is 0. The number of aliphatic hydroxyl groups is 2. The highest BCUT2D eigenvalue weighted by atomic mass is 16.3. The van der Waals surface area contributed by atoms with E-state index in [1.165, 1.54) is 38.5 Å². The van der Waals surface area contributed by atoms with E-state index >= 15 is 0 Å². The third-order valence-electron chi connectivity index (χ3n) is 9.26. The Morgan fingerprint density at radius 2 is 1.67 bits per heavy atom. The molecule has 0 amide bonds. The number of aliphatic hydroxyl groups excluding tert-OH is 2. The predicted octanol–water partition coefficient (Wildman–Crippen LogP) is 4.00. The fourth-order valence-corrected chi connectivity index (χ4v) is 7.91. The maximum atomic E-state index is 10.4. The van der Waals surface area contributed by atoms with Crippen LogP contribution >= 0.6 is 0 Å². The molecule has 0 aromatic carbocycles. The molecule has 2 N–H and O–H groups in total. The Bertz CT molecular complexity index is 537. The Balaban J connectivity index is 1.60. The van der Waals surface area contributed by atoms with Crippen LogP contribution in [0.15, 0.2) is 0 Å². The highest BCUT2D eigenvalue weighted by Gasteiger charge is 2.60. The Labute approximate surface area is 147 Å². The lowest BCUT2D eigenvalue weighted by Crippen LogP contribution is -2.54. The van der Waals surface area contributed by atoms with Crippen molar-refractivity contribution >= 4 is 0 Å². The first-order chi connectivity index (χ1) is 11.4. The minimum Gasteiger partial charge on any atom is -0.393 e. The third kappa shape index (κ3) is 2.24. The van der Waals surface area contributed by atoms with Gasteiger partial charge in [0.25, 0.3) is 0 Å². The van der Waals surface area contributed by atoms with Crippen LogP contribution in [0.5, 0.6) is 0 Å². The smallest absolute Gasteiger partial charge is 0.117 e. The second-order valence-corrected chi connectivity index (χ2v) is 9.92. The zero-order valence-electron chi connectivity index (χ0n) is 15.4. The monoisotopic (exact) mass is 330 g/mol. The van der Waals surface area contributed by atoms with Gasteiger partial charge < -0.3 is 10.2 Å². The lowest BCUT2D eigenvalue weighted by Gasteiger charge is -2.61. The van der Waals surface area contributed by atoms with E-state index in [0.29, 0.717) is 11.3 Å². The molecule has 0 spiro atoms. The van der Waals surface area contributed by atoms with Crippen LogP contribution in [0.3, 0.4) is 0 Å². The Hall–Kier alpha value is -0.520. The van der Waals surface area contributed by atoms with E-state index < -0.39 is 6.10 Å². The van der Waals surface area contributed by atoms with Gasteiger partial charge >= 0.3 is 0 Å². The zero-order valence-corrected chi connectivity index (χ0v) is 15.4. The fourth-order valence-electron chi connectivity index (χ4n) is 7.91. The van der Waals surface area contributed by atoms with E-state index in [0.717, 1.165) is 42.9 Å². The largest absolute Gasteiger partial charge is 0.393 e. The van der Waals surface area contributed by atoms with Crippen molar-refractivity contribution in [2.45, 2.75) is 83.8 Å². The topological polar surface area (TPSA) is 40.5 Å². The first-order valence-corrected chi connectivity index (χ1v) is 10.2.